The van der Waals surface area contributed by atoms with Crippen LogP contribution in [-0.4, -0.2) is 32.9 Å². The molecule has 0 radical (unpaired) electrons. The first-order valence-electron chi connectivity index (χ1n) is 9.69. The van der Waals surface area contributed by atoms with Gasteiger partial charge in [-0.25, -0.2) is 9.97 Å². The third-order valence-corrected chi connectivity index (χ3v) is 6.00. The highest BCUT2D eigenvalue weighted by Crippen LogP contribution is 2.40. The first kappa shape index (κ1) is 17.3. The number of aromatic nitrogens is 3. The van der Waals surface area contributed by atoms with Gasteiger partial charge < -0.3 is 0 Å². The fourth-order valence-electron chi connectivity index (χ4n) is 4.39. The van der Waals surface area contributed by atoms with E-state index in [1.165, 1.54) is 30.5 Å². The fourth-order valence-corrected chi connectivity index (χ4v) is 4.39. The molecular formula is C22H28N4. The minimum Gasteiger partial charge on any atom is -0.295 e. The lowest BCUT2D eigenvalue weighted by atomic mass is 9.72. The average molecular weight is 348 g/mol. The Morgan fingerprint density at radius 2 is 2.08 bits per heavy atom. The van der Waals surface area contributed by atoms with Crippen LogP contribution in [0.5, 0.6) is 0 Å². The van der Waals surface area contributed by atoms with Gasteiger partial charge in [-0.3, -0.25) is 9.88 Å². The van der Waals surface area contributed by atoms with Crippen molar-refractivity contribution in [3.8, 4) is 11.4 Å². The lowest BCUT2D eigenvalue weighted by Gasteiger charge is -2.38. The smallest absolute Gasteiger partial charge is 0.160 e. The molecular weight excluding hydrogens is 320 g/mol. The van der Waals surface area contributed by atoms with Gasteiger partial charge in [0.05, 0.1) is 5.69 Å². The van der Waals surface area contributed by atoms with Gasteiger partial charge in [-0.05, 0) is 43.7 Å². The van der Waals surface area contributed by atoms with Gasteiger partial charge in [0.2, 0.25) is 0 Å². The molecule has 4 heteroatoms. The molecule has 0 saturated carbocycles. The third-order valence-electron chi connectivity index (χ3n) is 6.00. The second-order valence-electron chi connectivity index (χ2n) is 8.36. The van der Waals surface area contributed by atoms with E-state index in [1.807, 2.05) is 24.5 Å². The molecule has 4 rings (SSSR count). The van der Waals surface area contributed by atoms with Crippen molar-refractivity contribution in [2.24, 2.45) is 5.41 Å². The number of rotatable bonds is 3. The summed E-state index contributed by atoms with van der Waals surface area (Å²) in [6, 6.07) is 3.95. The summed E-state index contributed by atoms with van der Waals surface area (Å²) in [6.45, 7) is 10.3. The van der Waals surface area contributed by atoms with Crippen molar-refractivity contribution in [1.82, 2.24) is 19.9 Å². The van der Waals surface area contributed by atoms with Crippen molar-refractivity contribution >= 4 is 0 Å². The van der Waals surface area contributed by atoms with Gasteiger partial charge in [0, 0.05) is 55.8 Å². The van der Waals surface area contributed by atoms with E-state index in [-0.39, 0.29) is 0 Å². The topological polar surface area (TPSA) is 41.9 Å². The van der Waals surface area contributed by atoms with Crippen molar-refractivity contribution in [1.29, 1.82) is 0 Å². The van der Waals surface area contributed by atoms with Crippen LogP contribution in [0.25, 0.3) is 11.4 Å². The zero-order valence-electron chi connectivity index (χ0n) is 16.1. The Balaban J connectivity index is 1.52. The van der Waals surface area contributed by atoms with Gasteiger partial charge in [0.15, 0.2) is 5.82 Å². The molecule has 1 aliphatic carbocycles. The standard InChI is InChI=1S/C22H28N4/c1-16-6-4-9-22(2,3)19(16)15-26-11-8-20-18(14-26)13-24-21(25-20)17-7-5-10-23-12-17/h5,7,10,12-13H,4,6,8-9,11,14-15H2,1-3H3. The number of hydrogen-bond donors (Lipinski definition) is 0. The second-order valence-corrected chi connectivity index (χ2v) is 8.36. The summed E-state index contributed by atoms with van der Waals surface area (Å²) in [5.74, 6) is 0.789. The first-order chi connectivity index (χ1) is 12.5. The minimum absolute atomic E-state index is 0.337. The highest BCUT2D eigenvalue weighted by molar-refractivity contribution is 5.53. The van der Waals surface area contributed by atoms with E-state index in [0.717, 1.165) is 37.4 Å². The molecule has 136 valence electrons. The SMILES string of the molecule is CC1=C(CN2CCc3nc(-c4cccnc4)ncc3C2)C(C)(C)CCC1. The van der Waals surface area contributed by atoms with Gasteiger partial charge in [-0.1, -0.05) is 25.0 Å². The van der Waals surface area contributed by atoms with E-state index >= 15 is 0 Å². The summed E-state index contributed by atoms with van der Waals surface area (Å²) in [5.41, 5.74) is 7.06. The highest BCUT2D eigenvalue weighted by atomic mass is 15.1. The molecule has 3 heterocycles. The lowest BCUT2D eigenvalue weighted by Crippen LogP contribution is -2.36. The van der Waals surface area contributed by atoms with Gasteiger partial charge in [-0.15, -0.1) is 0 Å². The van der Waals surface area contributed by atoms with Crippen LogP contribution in [0.2, 0.25) is 0 Å². The van der Waals surface area contributed by atoms with E-state index in [9.17, 15) is 0 Å². The van der Waals surface area contributed by atoms with Crippen molar-refractivity contribution in [3.05, 3.63) is 53.1 Å². The Hall–Kier alpha value is -2.07. The number of hydrogen-bond acceptors (Lipinski definition) is 4. The van der Waals surface area contributed by atoms with E-state index in [4.69, 9.17) is 4.98 Å². The monoisotopic (exact) mass is 348 g/mol. The molecule has 0 saturated heterocycles. The molecule has 0 bridgehead atoms. The minimum atomic E-state index is 0.337. The zero-order chi connectivity index (χ0) is 18.1. The van der Waals surface area contributed by atoms with Crippen LogP contribution in [0.4, 0.5) is 0 Å². The van der Waals surface area contributed by atoms with E-state index in [1.54, 1.807) is 17.3 Å². The van der Waals surface area contributed by atoms with Crippen LogP contribution in [0.15, 0.2) is 41.9 Å². The molecule has 0 amide bonds. The van der Waals surface area contributed by atoms with E-state index in [0.29, 0.717) is 5.41 Å². The molecule has 1 aliphatic heterocycles. The van der Waals surface area contributed by atoms with Gasteiger partial charge in [0.1, 0.15) is 0 Å². The summed E-state index contributed by atoms with van der Waals surface area (Å²) in [4.78, 5) is 16.2. The molecule has 0 aromatic carbocycles. The first-order valence-corrected chi connectivity index (χ1v) is 9.69. The highest BCUT2D eigenvalue weighted by Gasteiger charge is 2.30. The summed E-state index contributed by atoms with van der Waals surface area (Å²) in [7, 11) is 0. The Morgan fingerprint density at radius 1 is 1.19 bits per heavy atom. The Morgan fingerprint density at radius 3 is 2.85 bits per heavy atom. The average Bonchev–Trinajstić information content (AvgIpc) is 2.65. The second kappa shape index (κ2) is 6.92. The van der Waals surface area contributed by atoms with Crippen LogP contribution in [-0.2, 0) is 13.0 Å². The quantitative estimate of drug-likeness (QED) is 0.770. The lowest BCUT2D eigenvalue weighted by molar-refractivity contribution is 0.239. The Labute approximate surface area is 156 Å². The largest absolute Gasteiger partial charge is 0.295 e. The van der Waals surface area contributed by atoms with Gasteiger partial charge in [0.25, 0.3) is 0 Å². The number of pyridine rings is 1. The van der Waals surface area contributed by atoms with Crippen LogP contribution in [0, 0.1) is 5.41 Å². The number of fused-ring (bicyclic) bond motifs is 1. The van der Waals surface area contributed by atoms with Crippen molar-refractivity contribution in [2.75, 3.05) is 13.1 Å². The normalized spacial score (nSPS) is 20.1. The molecule has 0 N–H and O–H groups in total. The summed E-state index contributed by atoms with van der Waals surface area (Å²) in [6.07, 6.45) is 10.5. The molecule has 0 atom stereocenters. The molecule has 4 nitrogen and oxygen atoms in total. The van der Waals surface area contributed by atoms with Crippen LogP contribution < -0.4 is 0 Å². The van der Waals surface area contributed by atoms with Crippen LogP contribution >= 0.6 is 0 Å². The summed E-state index contributed by atoms with van der Waals surface area (Å²) < 4.78 is 0. The summed E-state index contributed by atoms with van der Waals surface area (Å²) in [5, 5.41) is 0. The maximum Gasteiger partial charge on any atom is 0.160 e. The van der Waals surface area contributed by atoms with Crippen LogP contribution in [0.3, 0.4) is 0 Å². The number of nitrogens with zero attached hydrogens (tertiary/aromatic N) is 4. The summed E-state index contributed by atoms with van der Waals surface area (Å²) >= 11 is 0. The molecule has 0 unspecified atom stereocenters. The molecule has 0 fully saturated rings. The predicted octanol–water partition coefficient (Wildman–Crippen LogP) is 4.42. The van der Waals surface area contributed by atoms with E-state index < -0.39 is 0 Å². The molecule has 2 aliphatic rings. The van der Waals surface area contributed by atoms with Gasteiger partial charge in [-0.2, -0.15) is 0 Å². The van der Waals surface area contributed by atoms with E-state index in [2.05, 4.69) is 35.6 Å². The van der Waals surface area contributed by atoms with Crippen LogP contribution in [0.1, 0.15) is 51.3 Å². The third kappa shape index (κ3) is 3.43. The van der Waals surface area contributed by atoms with Gasteiger partial charge >= 0.3 is 0 Å². The predicted molar refractivity (Wildman–Crippen MR) is 105 cm³/mol. The maximum absolute atomic E-state index is 4.82. The maximum atomic E-state index is 4.82. The molecule has 26 heavy (non-hydrogen) atoms. The van der Waals surface area contributed by atoms with Crippen molar-refractivity contribution in [2.45, 2.75) is 53.0 Å². The Bertz CT molecular complexity index is 823. The molecule has 2 aromatic rings. The number of allylic oxidation sites excluding steroid dienone is 1. The Kier molecular flexibility index (Phi) is 4.62. The zero-order valence-corrected chi connectivity index (χ0v) is 16.1. The van der Waals surface area contributed by atoms with Crippen molar-refractivity contribution in [3.63, 3.8) is 0 Å². The molecule has 2 aromatic heterocycles. The fraction of sp³-hybridized carbons (Fsp3) is 0.500. The van der Waals surface area contributed by atoms with Crippen molar-refractivity contribution < 1.29 is 0 Å². The molecule has 0 spiro atoms.